The molecule has 0 radical (unpaired) electrons. The molecule has 0 bridgehead atoms. The summed E-state index contributed by atoms with van der Waals surface area (Å²) >= 11 is 5.80. The minimum absolute atomic E-state index is 0. The van der Waals surface area contributed by atoms with Crippen molar-refractivity contribution < 1.29 is 14.6 Å². The third kappa shape index (κ3) is 3.01. The van der Waals surface area contributed by atoms with Crippen LogP contribution in [0.2, 0.25) is 5.02 Å². The molecule has 0 aromatic heterocycles. The van der Waals surface area contributed by atoms with Crippen molar-refractivity contribution in [2.24, 2.45) is 5.73 Å². The molecule has 0 spiro atoms. The molecule has 0 amide bonds. The lowest BCUT2D eigenvalue weighted by Crippen LogP contribution is -2.22. The first-order chi connectivity index (χ1) is 6.97. The molecule has 0 saturated heterocycles. The van der Waals surface area contributed by atoms with Gasteiger partial charge >= 0.3 is 5.97 Å². The van der Waals surface area contributed by atoms with Crippen molar-refractivity contribution in [1.82, 2.24) is 0 Å². The Balaban J connectivity index is 0.00000225. The first-order valence-electron chi connectivity index (χ1n) is 4.29. The van der Waals surface area contributed by atoms with Crippen LogP contribution < -0.4 is 5.73 Å². The van der Waals surface area contributed by atoms with Crippen molar-refractivity contribution in [2.75, 3.05) is 7.11 Å². The van der Waals surface area contributed by atoms with E-state index in [1.807, 2.05) is 0 Å². The summed E-state index contributed by atoms with van der Waals surface area (Å²) in [6.07, 6.45) is 0. The van der Waals surface area contributed by atoms with E-state index in [4.69, 9.17) is 17.3 Å². The number of nitrogens with two attached hydrogens (primary N) is 1. The van der Waals surface area contributed by atoms with Crippen LogP contribution >= 0.6 is 24.0 Å². The molecule has 1 atom stereocenters. The fourth-order valence-corrected chi connectivity index (χ4v) is 1.53. The molecule has 0 saturated carbocycles. The van der Waals surface area contributed by atoms with E-state index in [0.29, 0.717) is 10.6 Å². The number of halogens is 2. The number of phenols is 1. The Bertz CT molecular complexity index is 396. The van der Waals surface area contributed by atoms with E-state index in [1.165, 1.54) is 13.2 Å². The summed E-state index contributed by atoms with van der Waals surface area (Å²) in [5.41, 5.74) is 6.43. The Kier molecular flexibility index (Phi) is 5.58. The molecule has 1 aromatic rings. The predicted molar refractivity (Wildman–Crippen MR) is 64.0 cm³/mol. The lowest BCUT2D eigenvalue weighted by Gasteiger charge is -2.13. The molecule has 4 nitrogen and oxygen atoms in total. The van der Waals surface area contributed by atoms with Crippen LogP contribution in [0.1, 0.15) is 17.2 Å². The molecule has 3 N–H and O–H groups in total. The Morgan fingerprint density at radius 2 is 2.12 bits per heavy atom. The smallest absolute Gasteiger partial charge is 0.327 e. The Morgan fingerprint density at radius 1 is 1.56 bits per heavy atom. The van der Waals surface area contributed by atoms with Crippen LogP contribution in [0.4, 0.5) is 0 Å². The van der Waals surface area contributed by atoms with Crippen LogP contribution in [-0.2, 0) is 9.53 Å². The highest BCUT2D eigenvalue weighted by molar-refractivity contribution is 6.30. The zero-order chi connectivity index (χ0) is 11.6. The van der Waals surface area contributed by atoms with E-state index in [9.17, 15) is 9.90 Å². The summed E-state index contributed by atoms with van der Waals surface area (Å²) < 4.78 is 4.48. The number of hydrogen-bond donors (Lipinski definition) is 2. The van der Waals surface area contributed by atoms with Crippen molar-refractivity contribution in [3.8, 4) is 5.75 Å². The molecular formula is C10H13Cl2NO3. The number of methoxy groups -OCH3 is 1. The average Bonchev–Trinajstić information content (AvgIpc) is 2.21. The van der Waals surface area contributed by atoms with Crippen molar-refractivity contribution in [3.05, 3.63) is 28.3 Å². The zero-order valence-corrected chi connectivity index (χ0v) is 10.4. The standard InChI is InChI=1S/C10H12ClNO3.ClH/c1-5-3-6(11)4-7(9(5)13)8(12)10(14)15-2;/h3-4,8,13H,12H2,1-2H3;1H/t8-;/m1./s1. The zero-order valence-electron chi connectivity index (χ0n) is 8.86. The van der Waals surface area contributed by atoms with Gasteiger partial charge in [0.05, 0.1) is 7.11 Å². The Morgan fingerprint density at radius 3 is 2.62 bits per heavy atom. The molecule has 1 aromatic carbocycles. The molecule has 0 aliphatic heterocycles. The van der Waals surface area contributed by atoms with Crippen LogP contribution in [0.15, 0.2) is 12.1 Å². The van der Waals surface area contributed by atoms with Crippen molar-refractivity contribution in [1.29, 1.82) is 0 Å². The monoisotopic (exact) mass is 265 g/mol. The number of phenolic OH excluding ortho intramolecular Hbond substituents is 1. The largest absolute Gasteiger partial charge is 0.507 e. The fraction of sp³-hybridized carbons (Fsp3) is 0.300. The number of ether oxygens (including phenoxy) is 1. The molecule has 0 aliphatic rings. The molecule has 0 aliphatic carbocycles. The number of benzene rings is 1. The Labute approximate surface area is 105 Å². The minimum atomic E-state index is -1.02. The topological polar surface area (TPSA) is 72.5 Å². The minimum Gasteiger partial charge on any atom is -0.507 e. The molecule has 0 heterocycles. The van der Waals surface area contributed by atoms with Gasteiger partial charge in [0.2, 0.25) is 0 Å². The number of rotatable bonds is 2. The maximum Gasteiger partial charge on any atom is 0.327 e. The predicted octanol–water partition coefficient (Wildman–Crippen LogP) is 1.95. The second-order valence-electron chi connectivity index (χ2n) is 3.16. The van der Waals surface area contributed by atoms with Crippen LogP contribution in [0.3, 0.4) is 0 Å². The van der Waals surface area contributed by atoms with Crippen LogP contribution in [0.5, 0.6) is 5.75 Å². The first kappa shape index (κ1) is 15.0. The van der Waals surface area contributed by atoms with Gasteiger partial charge < -0.3 is 15.6 Å². The van der Waals surface area contributed by atoms with Gasteiger partial charge in [0.25, 0.3) is 0 Å². The van der Waals surface area contributed by atoms with Gasteiger partial charge in [-0.2, -0.15) is 0 Å². The average molecular weight is 266 g/mol. The summed E-state index contributed by atoms with van der Waals surface area (Å²) in [5, 5.41) is 10.1. The molecule has 1 rings (SSSR count). The Hall–Kier alpha value is -0.970. The number of carbonyl (C=O) groups excluding carboxylic acids is 1. The number of hydrogen-bond acceptors (Lipinski definition) is 4. The third-order valence-corrected chi connectivity index (χ3v) is 2.30. The highest BCUT2D eigenvalue weighted by Crippen LogP contribution is 2.30. The normalized spacial score (nSPS) is 11.5. The number of esters is 1. The summed E-state index contributed by atoms with van der Waals surface area (Å²) in [6, 6.07) is 2.02. The maximum absolute atomic E-state index is 11.2. The van der Waals surface area contributed by atoms with Gasteiger partial charge in [-0.15, -0.1) is 12.4 Å². The van der Waals surface area contributed by atoms with E-state index < -0.39 is 12.0 Å². The number of aromatic hydroxyl groups is 1. The summed E-state index contributed by atoms with van der Waals surface area (Å²) in [4.78, 5) is 11.2. The van der Waals surface area contributed by atoms with E-state index in [1.54, 1.807) is 13.0 Å². The third-order valence-electron chi connectivity index (χ3n) is 2.08. The van der Waals surface area contributed by atoms with E-state index >= 15 is 0 Å². The van der Waals surface area contributed by atoms with Gasteiger partial charge in [0.15, 0.2) is 0 Å². The van der Waals surface area contributed by atoms with Crippen LogP contribution in [0.25, 0.3) is 0 Å². The SMILES string of the molecule is COC(=O)[C@H](N)c1cc(Cl)cc(C)c1O.Cl. The van der Waals surface area contributed by atoms with Crippen LogP contribution in [0, 0.1) is 6.92 Å². The molecular weight excluding hydrogens is 253 g/mol. The van der Waals surface area contributed by atoms with E-state index in [2.05, 4.69) is 4.74 Å². The second-order valence-corrected chi connectivity index (χ2v) is 3.60. The van der Waals surface area contributed by atoms with Crippen molar-refractivity contribution >= 4 is 30.0 Å². The maximum atomic E-state index is 11.2. The van der Waals surface area contributed by atoms with Gasteiger partial charge in [-0.1, -0.05) is 11.6 Å². The second kappa shape index (κ2) is 5.94. The molecule has 90 valence electrons. The van der Waals surface area contributed by atoms with Gasteiger partial charge in [-0.05, 0) is 24.6 Å². The van der Waals surface area contributed by atoms with E-state index in [-0.39, 0.29) is 23.7 Å². The van der Waals surface area contributed by atoms with Crippen LogP contribution in [-0.4, -0.2) is 18.2 Å². The summed E-state index contributed by atoms with van der Waals surface area (Å²) in [7, 11) is 1.23. The number of aryl methyl sites for hydroxylation is 1. The summed E-state index contributed by atoms with van der Waals surface area (Å²) in [5.74, 6) is -0.649. The lowest BCUT2D eigenvalue weighted by atomic mass is 10.0. The van der Waals surface area contributed by atoms with Gasteiger partial charge in [0.1, 0.15) is 11.8 Å². The lowest BCUT2D eigenvalue weighted by molar-refractivity contribution is -0.142. The fourth-order valence-electron chi connectivity index (χ4n) is 1.25. The van der Waals surface area contributed by atoms with Gasteiger partial charge in [0, 0.05) is 10.6 Å². The first-order valence-corrected chi connectivity index (χ1v) is 4.67. The van der Waals surface area contributed by atoms with Gasteiger partial charge in [-0.25, -0.2) is 0 Å². The molecule has 0 fully saturated rings. The van der Waals surface area contributed by atoms with Crippen molar-refractivity contribution in [2.45, 2.75) is 13.0 Å². The highest BCUT2D eigenvalue weighted by atomic mass is 35.5. The van der Waals surface area contributed by atoms with Crippen molar-refractivity contribution in [3.63, 3.8) is 0 Å². The quantitative estimate of drug-likeness (QED) is 0.802. The molecule has 16 heavy (non-hydrogen) atoms. The van der Waals surface area contributed by atoms with Gasteiger partial charge in [-0.3, -0.25) is 4.79 Å². The molecule has 0 unspecified atom stereocenters. The number of carbonyl (C=O) groups is 1. The highest BCUT2D eigenvalue weighted by Gasteiger charge is 2.21. The van der Waals surface area contributed by atoms with E-state index in [0.717, 1.165) is 0 Å². The summed E-state index contributed by atoms with van der Waals surface area (Å²) in [6.45, 7) is 1.68. The molecule has 6 heteroatoms.